The molecular formula is C24H24ClN3O3. The van der Waals surface area contributed by atoms with Crippen molar-refractivity contribution in [1.82, 2.24) is 5.32 Å². The molecule has 1 saturated heterocycles. The summed E-state index contributed by atoms with van der Waals surface area (Å²) in [4.78, 5) is 43.2. The van der Waals surface area contributed by atoms with Gasteiger partial charge < -0.3 is 10.2 Å². The second kappa shape index (κ2) is 7.93. The Hall–Kier alpha value is -2.99. The van der Waals surface area contributed by atoms with Crippen LogP contribution in [0, 0.1) is 17.3 Å². The summed E-state index contributed by atoms with van der Waals surface area (Å²) in [6.45, 7) is 6.49. The zero-order valence-electron chi connectivity index (χ0n) is 17.7. The molecule has 0 bridgehead atoms. The van der Waals surface area contributed by atoms with Gasteiger partial charge in [0.15, 0.2) is 0 Å². The van der Waals surface area contributed by atoms with Gasteiger partial charge in [0.05, 0.1) is 11.6 Å². The number of halogens is 1. The van der Waals surface area contributed by atoms with E-state index in [9.17, 15) is 14.4 Å². The fraction of sp³-hybridized carbons (Fsp3) is 0.333. The molecule has 2 aliphatic heterocycles. The van der Waals surface area contributed by atoms with Crippen molar-refractivity contribution in [3.8, 4) is 0 Å². The number of rotatable bonds is 2. The molecule has 0 radical (unpaired) electrons. The molecule has 1 aliphatic carbocycles. The van der Waals surface area contributed by atoms with E-state index in [1.165, 1.54) is 0 Å². The van der Waals surface area contributed by atoms with Crippen LogP contribution in [-0.4, -0.2) is 30.0 Å². The summed E-state index contributed by atoms with van der Waals surface area (Å²) < 4.78 is 0. The van der Waals surface area contributed by atoms with E-state index in [1.54, 1.807) is 47.4 Å². The number of fused-ring (bicyclic) bond motifs is 1. The maximum Gasteiger partial charge on any atom is 0.251 e. The highest BCUT2D eigenvalue weighted by Crippen LogP contribution is 2.38. The first-order valence-electron chi connectivity index (χ1n) is 10.2. The molecule has 160 valence electrons. The molecule has 31 heavy (non-hydrogen) atoms. The van der Waals surface area contributed by atoms with Crippen LogP contribution in [0.2, 0.25) is 5.02 Å². The van der Waals surface area contributed by atoms with Crippen molar-refractivity contribution in [3.05, 3.63) is 64.9 Å². The van der Waals surface area contributed by atoms with E-state index in [0.717, 1.165) is 11.3 Å². The minimum atomic E-state index is -0.508. The van der Waals surface area contributed by atoms with E-state index >= 15 is 0 Å². The van der Waals surface area contributed by atoms with Crippen molar-refractivity contribution in [3.63, 3.8) is 0 Å². The predicted molar refractivity (Wildman–Crippen MR) is 121 cm³/mol. The maximum absolute atomic E-state index is 12.8. The van der Waals surface area contributed by atoms with Gasteiger partial charge in [-0.05, 0) is 47.4 Å². The number of amides is 3. The van der Waals surface area contributed by atoms with E-state index in [4.69, 9.17) is 11.6 Å². The lowest BCUT2D eigenvalue weighted by Crippen LogP contribution is -2.36. The van der Waals surface area contributed by atoms with Gasteiger partial charge in [-0.15, -0.1) is 0 Å². The molecule has 2 unspecified atom stereocenters. The Bertz CT molecular complexity index is 1070. The number of hydrogen-bond donors (Lipinski definition) is 1. The van der Waals surface area contributed by atoms with E-state index in [0.29, 0.717) is 16.4 Å². The molecular weight excluding hydrogens is 414 g/mol. The molecule has 7 heteroatoms. The average Bonchev–Trinajstić information content (AvgIpc) is 3.09. The number of carbonyl (C=O) groups is 3. The van der Waals surface area contributed by atoms with E-state index in [2.05, 4.69) is 31.1 Å². The molecule has 6 nitrogen and oxygen atoms in total. The Labute approximate surface area is 186 Å². The van der Waals surface area contributed by atoms with Crippen molar-refractivity contribution >= 4 is 40.7 Å². The minimum absolute atomic E-state index is 0.0415. The third kappa shape index (κ3) is 4.39. The fourth-order valence-electron chi connectivity index (χ4n) is 4.10. The predicted octanol–water partition coefficient (Wildman–Crippen LogP) is 3.83. The molecule has 1 aromatic carbocycles. The quantitative estimate of drug-likeness (QED) is 0.763. The summed E-state index contributed by atoms with van der Waals surface area (Å²) in [6, 6.07) is 6.96. The van der Waals surface area contributed by atoms with E-state index < -0.39 is 5.92 Å². The standard InChI is InChI=1S/C24H24ClN3O3/c1-24(2,3)19-12-21(29)27-20-11-16(6-9-18(19)20)26-23(31)14-10-22(30)28(13-14)17-7-4-15(25)5-8-17/h4-9,11-12,14,18H,10,13H2,1-3H3,(H,27,29). The number of hydrogen-bond acceptors (Lipinski definition) is 3. The van der Waals surface area contributed by atoms with Crippen LogP contribution in [0.1, 0.15) is 27.2 Å². The normalized spacial score (nSPS) is 24.6. The largest absolute Gasteiger partial charge is 0.325 e. The minimum Gasteiger partial charge on any atom is -0.325 e. The average molecular weight is 438 g/mol. The first-order valence-corrected chi connectivity index (χ1v) is 10.6. The molecule has 1 fully saturated rings. The highest BCUT2D eigenvalue weighted by Gasteiger charge is 2.36. The lowest BCUT2D eigenvalue weighted by atomic mass is 9.74. The van der Waals surface area contributed by atoms with Crippen LogP contribution in [0.4, 0.5) is 5.69 Å². The third-order valence-electron chi connectivity index (χ3n) is 5.70. The number of aliphatic imine (C=N–C) groups is 1. The lowest BCUT2D eigenvalue weighted by Gasteiger charge is -2.34. The van der Waals surface area contributed by atoms with Crippen LogP contribution in [0.3, 0.4) is 0 Å². The van der Waals surface area contributed by atoms with Gasteiger partial charge in [0.1, 0.15) is 0 Å². The summed E-state index contributed by atoms with van der Waals surface area (Å²) >= 11 is 5.92. The van der Waals surface area contributed by atoms with Crippen molar-refractivity contribution in [1.29, 1.82) is 0 Å². The topological polar surface area (TPSA) is 78.8 Å². The molecule has 1 N–H and O–H groups in total. The molecule has 2 atom stereocenters. The van der Waals surface area contributed by atoms with Gasteiger partial charge in [0, 0.05) is 41.4 Å². The molecule has 1 aromatic rings. The SMILES string of the molecule is CC(C)(C)C1=CC(=O)NC2=CC(=NC(=O)C3CC(=O)N(c4ccc(Cl)cc4)C3)C=CC21. The number of carbonyl (C=O) groups excluding carboxylic acids is 3. The second-order valence-corrected chi connectivity index (χ2v) is 9.47. The molecule has 2 heterocycles. The monoisotopic (exact) mass is 437 g/mol. The van der Waals surface area contributed by atoms with Crippen molar-refractivity contribution in [2.24, 2.45) is 22.2 Å². The molecule has 4 rings (SSSR count). The molecule has 0 aromatic heterocycles. The van der Waals surface area contributed by atoms with Gasteiger partial charge in [-0.25, -0.2) is 4.99 Å². The highest BCUT2D eigenvalue weighted by atomic mass is 35.5. The van der Waals surface area contributed by atoms with Crippen LogP contribution < -0.4 is 10.2 Å². The molecule has 3 aliphatic rings. The Morgan fingerprint density at radius 1 is 1.16 bits per heavy atom. The molecule has 0 saturated carbocycles. The van der Waals surface area contributed by atoms with Crippen LogP contribution >= 0.6 is 11.6 Å². The van der Waals surface area contributed by atoms with E-state index in [1.807, 2.05) is 6.08 Å². The van der Waals surface area contributed by atoms with Crippen molar-refractivity contribution in [2.45, 2.75) is 27.2 Å². The summed E-state index contributed by atoms with van der Waals surface area (Å²) in [6.07, 6.45) is 7.27. The van der Waals surface area contributed by atoms with Gasteiger partial charge in [0.25, 0.3) is 5.91 Å². The summed E-state index contributed by atoms with van der Waals surface area (Å²) in [5.41, 5.74) is 2.77. The zero-order valence-corrected chi connectivity index (χ0v) is 18.4. The number of benzene rings is 1. The van der Waals surface area contributed by atoms with Gasteiger partial charge in [-0.2, -0.15) is 0 Å². The molecule has 3 amide bonds. The first-order chi connectivity index (χ1) is 14.6. The van der Waals surface area contributed by atoms with Crippen LogP contribution in [0.15, 0.2) is 64.8 Å². The summed E-state index contributed by atoms with van der Waals surface area (Å²) in [7, 11) is 0. The van der Waals surface area contributed by atoms with Crippen LogP contribution in [0.5, 0.6) is 0 Å². The first kappa shape index (κ1) is 21.2. The fourth-order valence-corrected chi connectivity index (χ4v) is 4.23. The van der Waals surface area contributed by atoms with Gasteiger partial charge >= 0.3 is 0 Å². The zero-order chi connectivity index (χ0) is 22.3. The lowest BCUT2D eigenvalue weighted by molar-refractivity contribution is -0.123. The third-order valence-corrected chi connectivity index (χ3v) is 5.96. The maximum atomic E-state index is 12.8. The van der Waals surface area contributed by atoms with Gasteiger partial charge in [0.2, 0.25) is 11.8 Å². The summed E-state index contributed by atoms with van der Waals surface area (Å²) in [5, 5.41) is 3.45. The second-order valence-electron chi connectivity index (χ2n) is 9.03. The number of anilines is 1. The van der Waals surface area contributed by atoms with Gasteiger partial charge in [-0.3, -0.25) is 14.4 Å². The Morgan fingerprint density at radius 3 is 2.55 bits per heavy atom. The van der Waals surface area contributed by atoms with E-state index in [-0.39, 0.29) is 42.0 Å². The van der Waals surface area contributed by atoms with Crippen LogP contribution in [0.25, 0.3) is 0 Å². The highest BCUT2D eigenvalue weighted by molar-refractivity contribution is 6.30. The number of allylic oxidation sites excluding steroid dienone is 3. The van der Waals surface area contributed by atoms with Gasteiger partial charge in [-0.1, -0.05) is 38.4 Å². The number of nitrogens with one attached hydrogen (secondary N) is 1. The van der Waals surface area contributed by atoms with Crippen molar-refractivity contribution in [2.75, 3.05) is 11.4 Å². The summed E-state index contributed by atoms with van der Waals surface area (Å²) in [5.74, 6) is -1.17. The number of nitrogens with zero attached hydrogens (tertiary/aromatic N) is 2. The van der Waals surface area contributed by atoms with Crippen LogP contribution in [-0.2, 0) is 14.4 Å². The Morgan fingerprint density at radius 2 is 1.87 bits per heavy atom. The smallest absolute Gasteiger partial charge is 0.251 e. The van der Waals surface area contributed by atoms with Crippen molar-refractivity contribution < 1.29 is 14.4 Å². The molecule has 0 spiro atoms. The Kier molecular flexibility index (Phi) is 5.43. The Balaban J connectivity index is 1.51.